The molecule has 1 rings (SSSR count). The van der Waals surface area contributed by atoms with Crippen LogP contribution >= 0.6 is 0 Å². The van der Waals surface area contributed by atoms with E-state index in [0.29, 0.717) is 17.5 Å². The van der Waals surface area contributed by atoms with Crippen molar-refractivity contribution in [3.8, 4) is 0 Å². The topological polar surface area (TPSA) is 46.2 Å². The van der Waals surface area contributed by atoms with Gasteiger partial charge < -0.3 is 5.32 Å². The quantitative estimate of drug-likeness (QED) is 0.617. The highest BCUT2D eigenvalue weighted by Gasteiger charge is 2.20. The lowest BCUT2D eigenvalue weighted by Gasteiger charge is -2.04. The van der Waals surface area contributed by atoms with E-state index in [-0.39, 0.29) is 0 Å². The van der Waals surface area contributed by atoms with Crippen molar-refractivity contribution < 1.29 is 8.42 Å². The van der Waals surface area contributed by atoms with E-state index in [1.807, 2.05) is 0 Å². The third-order valence-electron chi connectivity index (χ3n) is 2.70. The van der Waals surface area contributed by atoms with E-state index in [0.717, 1.165) is 32.2 Å². The van der Waals surface area contributed by atoms with Crippen molar-refractivity contribution >= 4 is 9.84 Å². The SMILES string of the molecule is CCCCCS(=O)(=O)CCCNC1CC1. The first-order valence-electron chi connectivity index (χ1n) is 6.08. The van der Waals surface area contributed by atoms with E-state index in [4.69, 9.17) is 0 Å². The summed E-state index contributed by atoms with van der Waals surface area (Å²) in [7, 11) is -2.77. The maximum Gasteiger partial charge on any atom is 0.150 e. The molecule has 0 radical (unpaired) electrons. The smallest absolute Gasteiger partial charge is 0.150 e. The average molecular weight is 233 g/mol. The Morgan fingerprint density at radius 2 is 1.80 bits per heavy atom. The molecule has 0 unspecified atom stereocenters. The molecule has 1 N–H and O–H groups in total. The molecular weight excluding hydrogens is 210 g/mol. The van der Waals surface area contributed by atoms with Crippen LogP contribution in [-0.4, -0.2) is 32.5 Å². The van der Waals surface area contributed by atoms with Crippen molar-refractivity contribution in [3.63, 3.8) is 0 Å². The van der Waals surface area contributed by atoms with Crippen LogP contribution in [0.15, 0.2) is 0 Å². The highest BCUT2D eigenvalue weighted by atomic mass is 32.2. The van der Waals surface area contributed by atoms with Gasteiger partial charge in [-0.3, -0.25) is 0 Å². The third kappa shape index (κ3) is 6.90. The van der Waals surface area contributed by atoms with Gasteiger partial charge in [0.25, 0.3) is 0 Å². The average Bonchev–Trinajstić information content (AvgIpc) is 2.96. The van der Waals surface area contributed by atoms with Crippen LogP contribution in [0.3, 0.4) is 0 Å². The number of sulfone groups is 1. The standard InChI is InChI=1S/C11H23NO2S/c1-2-3-4-9-15(13,14)10-5-8-12-11-6-7-11/h11-12H,2-10H2,1H3. The largest absolute Gasteiger partial charge is 0.314 e. The normalized spacial score (nSPS) is 16.9. The fraction of sp³-hybridized carbons (Fsp3) is 1.00. The molecule has 0 aromatic carbocycles. The van der Waals surface area contributed by atoms with Gasteiger partial charge in [-0.25, -0.2) is 8.42 Å². The summed E-state index contributed by atoms with van der Waals surface area (Å²) in [5.74, 6) is 0.737. The predicted molar refractivity (Wildman–Crippen MR) is 63.8 cm³/mol. The first-order valence-corrected chi connectivity index (χ1v) is 7.90. The van der Waals surface area contributed by atoms with Crippen molar-refractivity contribution in [2.45, 2.75) is 51.5 Å². The molecule has 0 bridgehead atoms. The van der Waals surface area contributed by atoms with E-state index in [9.17, 15) is 8.42 Å². The van der Waals surface area contributed by atoms with Crippen molar-refractivity contribution in [3.05, 3.63) is 0 Å². The molecular formula is C11H23NO2S. The second-order valence-electron chi connectivity index (χ2n) is 4.44. The lowest BCUT2D eigenvalue weighted by Crippen LogP contribution is -2.21. The molecule has 0 aromatic heterocycles. The molecule has 0 spiro atoms. The Kier molecular flexibility index (Phi) is 5.61. The molecule has 4 heteroatoms. The molecule has 1 fully saturated rings. The Bertz CT molecular complexity index is 258. The third-order valence-corrected chi connectivity index (χ3v) is 4.52. The van der Waals surface area contributed by atoms with Gasteiger partial charge in [0.2, 0.25) is 0 Å². The van der Waals surface area contributed by atoms with Crippen molar-refractivity contribution in [1.29, 1.82) is 0 Å². The van der Waals surface area contributed by atoms with Crippen LogP contribution in [0.5, 0.6) is 0 Å². The van der Waals surface area contributed by atoms with E-state index in [1.54, 1.807) is 0 Å². The lowest BCUT2D eigenvalue weighted by atomic mass is 10.3. The zero-order valence-corrected chi connectivity index (χ0v) is 10.5. The van der Waals surface area contributed by atoms with Gasteiger partial charge in [0.05, 0.1) is 11.5 Å². The van der Waals surface area contributed by atoms with Crippen LogP contribution < -0.4 is 5.32 Å². The van der Waals surface area contributed by atoms with Crippen LogP contribution in [0.25, 0.3) is 0 Å². The van der Waals surface area contributed by atoms with Crippen LogP contribution in [0, 0.1) is 0 Å². The maximum absolute atomic E-state index is 11.5. The molecule has 1 aliphatic rings. The lowest BCUT2D eigenvalue weighted by molar-refractivity contribution is 0.583. The zero-order chi connectivity index (χ0) is 11.1. The number of rotatable bonds is 9. The first-order chi connectivity index (χ1) is 7.14. The Morgan fingerprint density at radius 1 is 1.13 bits per heavy atom. The summed E-state index contributed by atoms with van der Waals surface area (Å²) in [5, 5.41) is 3.33. The number of hydrogen-bond acceptors (Lipinski definition) is 3. The van der Waals surface area contributed by atoms with E-state index in [1.165, 1.54) is 12.8 Å². The van der Waals surface area contributed by atoms with E-state index < -0.39 is 9.84 Å². The molecule has 1 aliphatic carbocycles. The highest BCUT2D eigenvalue weighted by Crippen LogP contribution is 2.18. The van der Waals surface area contributed by atoms with Gasteiger partial charge in [-0.15, -0.1) is 0 Å². The minimum absolute atomic E-state index is 0.358. The zero-order valence-electron chi connectivity index (χ0n) is 9.67. The van der Waals surface area contributed by atoms with Crippen LogP contribution in [0.1, 0.15) is 45.4 Å². The summed E-state index contributed by atoms with van der Waals surface area (Å²) < 4.78 is 23.1. The molecule has 0 atom stereocenters. The van der Waals surface area contributed by atoms with Crippen molar-refractivity contribution in [2.24, 2.45) is 0 Å². The summed E-state index contributed by atoms with van der Waals surface area (Å²) in [6, 6.07) is 0.688. The number of hydrogen-bond donors (Lipinski definition) is 1. The van der Waals surface area contributed by atoms with E-state index >= 15 is 0 Å². The van der Waals surface area contributed by atoms with Gasteiger partial charge in [-0.05, 0) is 32.2 Å². The monoisotopic (exact) mass is 233 g/mol. The summed E-state index contributed by atoms with van der Waals surface area (Å²) in [5.41, 5.74) is 0. The first kappa shape index (κ1) is 13.0. The maximum atomic E-state index is 11.5. The summed E-state index contributed by atoms with van der Waals surface area (Å²) in [6.45, 7) is 2.95. The Morgan fingerprint density at radius 3 is 2.40 bits per heavy atom. The Labute approximate surface area is 93.6 Å². The second-order valence-corrected chi connectivity index (χ2v) is 6.74. The highest BCUT2D eigenvalue weighted by molar-refractivity contribution is 7.91. The van der Waals surface area contributed by atoms with Gasteiger partial charge in [0.15, 0.2) is 0 Å². The molecule has 0 amide bonds. The molecule has 0 aliphatic heterocycles. The van der Waals surface area contributed by atoms with Crippen LogP contribution in [0.2, 0.25) is 0 Å². The summed E-state index contributed by atoms with van der Waals surface area (Å²) in [6.07, 6.45) is 6.24. The second kappa shape index (κ2) is 6.48. The molecule has 3 nitrogen and oxygen atoms in total. The van der Waals surface area contributed by atoms with Gasteiger partial charge in [0.1, 0.15) is 9.84 Å². The fourth-order valence-corrected chi connectivity index (χ4v) is 2.99. The Balaban J connectivity index is 2.00. The van der Waals surface area contributed by atoms with Gasteiger partial charge >= 0.3 is 0 Å². The van der Waals surface area contributed by atoms with Gasteiger partial charge in [-0.2, -0.15) is 0 Å². The summed E-state index contributed by atoms with van der Waals surface area (Å²) in [4.78, 5) is 0. The van der Waals surface area contributed by atoms with Gasteiger partial charge in [-0.1, -0.05) is 19.8 Å². The molecule has 0 aromatic rings. The molecule has 0 heterocycles. The van der Waals surface area contributed by atoms with Crippen LogP contribution in [0.4, 0.5) is 0 Å². The number of nitrogens with one attached hydrogen (secondary N) is 1. The van der Waals surface area contributed by atoms with Crippen molar-refractivity contribution in [2.75, 3.05) is 18.1 Å². The molecule has 90 valence electrons. The number of unbranched alkanes of at least 4 members (excludes halogenated alkanes) is 2. The Hall–Kier alpha value is -0.0900. The van der Waals surface area contributed by atoms with E-state index in [2.05, 4.69) is 12.2 Å². The van der Waals surface area contributed by atoms with Crippen LogP contribution in [-0.2, 0) is 9.84 Å². The molecule has 15 heavy (non-hydrogen) atoms. The molecule has 0 saturated heterocycles. The van der Waals surface area contributed by atoms with Crippen molar-refractivity contribution in [1.82, 2.24) is 5.32 Å². The summed E-state index contributed by atoms with van der Waals surface area (Å²) >= 11 is 0. The minimum Gasteiger partial charge on any atom is -0.314 e. The van der Waals surface area contributed by atoms with Gasteiger partial charge in [0, 0.05) is 6.04 Å². The minimum atomic E-state index is -2.77. The molecule has 1 saturated carbocycles. The predicted octanol–water partition coefficient (Wildman–Crippen LogP) is 1.73. The fourth-order valence-electron chi connectivity index (χ4n) is 1.56.